The number of rotatable bonds is 3. The summed E-state index contributed by atoms with van der Waals surface area (Å²) in [5, 5.41) is 3.45. The molecule has 0 amide bonds. The van der Waals surface area contributed by atoms with E-state index in [1.54, 1.807) is 0 Å². The van der Waals surface area contributed by atoms with Crippen LogP contribution in [-0.4, -0.2) is 11.5 Å². The Bertz CT molecular complexity index is 282. The fraction of sp³-hybridized carbons (Fsp3) is 0.643. The number of hydrogen-bond acceptors (Lipinski definition) is 2. The van der Waals surface area contributed by atoms with Crippen LogP contribution in [0.1, 0.15) is 45.9 Å². The average Bonchev–Trinajstić information content (AvgIpc) is 2.29. The van der Waals surface area contributed by atoms with Crippen molar-refractivity contribution < 1.29 is 0 Å². The van der Waals surface area contributed by atoms with Gasteiger partial charge in [-0.15, -0.1) is 0 Å². The van der Waals surface area contributed by atoms with Gasteiger partial charge >= 0.3 is 0 Å². The molecular formula is C14H24N2. The lowest BCUT2D eigenvalue weighted by atomic mass is 9.82. The number of nitrogens with zero attached hydrogens (tertiary/aromatic N) is 1. The summed E-state index contributed by atoms with van der Waals surface area (Å²) < 4.78 is 0. The zero-order valence-corrected chi connectivity index (χ0v) is 10.9. The second-order valence-electron chi connectivity index (χ2n) is 4.53. The lowest BCUT2D eigenvalue weighted by Gasteiger charge is -2.38. The predicted octanol–water partition coefficient (Wildman–Crippen LogP) is 3.41. The summed E-state index contributed by atoms with van der Waals surface area (Å²) in [4.78, 5) is 4.40. The quantitative estimate of drug-likeness (QED) is 0.844. The molecule has 1 N–H and O–H groups in total. The SMILES string of the molecule is CC.CC(C)CC1CNC1c1ccccn1. The van der Waals surface area contributed by atoms with Crippen LogP contribution in [0.2, 0.25) is 0 Å². The molecule has 1 aromatic rings. The van der Waals surface area contributed by atoms with E-state index in [9.17, 15) is 0 Å². The Kier molecular flexibility index (Phi) is 5.47. The number of nitrogens with one attached hydrogen (secondary N) is 1. The molecule has 90 valence electrons. The normalized spacial score (nSPS) is 23.3. The smallest absolute Gasteiger partial charge is 0.0576 e. The van der Waals surface area contributed by atoms with Gasteiger partial charge in [-0.1, -0.05) is 33.8 Å². The van der Waals surface area contributed by atoms with Crippen molar-refractivity contribution in [2.45, 2.75) is 40.2 Å². The first kappa shape index (κ1) is 13.2. The molecule has 2 heterocycles. The molecule has 2 nitrogen and oxygen atoms in total. The molecule has 0 bridgehead atoms. The number of hydrogen-bond donors (Lipinski definition) is 1. The monoisotopic (exact) mass is 220 g/mol. The van der Waals surface area contributed by atoms with Crippen LogP contribution >= 0.6 is 0 Å². The maximum absolute atomic E-state index is 4.40. The standard InChI is InChI=1S/C12H18N2.C2H6/c1-9(2)7-10-8-14-12(10)11-5-3-4-6-13-11;1-2/h3-6,9-10,12,14H,7-8H2,1-2H3;1-2H3. The molecule has 1 aliphatic rings. The molecule has 1 aromatic heterocycles. The maximum Gasteiger partial charge on any atom is 0.0576 e. The van der Waals surface area contributed by atoms with E-state index in [1.807, 2.05) is 26.1 Å². The Morgan fingerprint density at radius 1 is 1.38 bits per heavy atom. The van der Waals surface area contributed by atoms with Crippen LogP contribution in [-0.2, 0) is 0 Å². The molecule has 0 saturated carbocycles. The van der Waals surface area contributed by atoms with Crippen molar-refractivity contribution in [3.8, 4) is 0 Å². The third kappa shape index (κ3) is 3.31. The highest BCUT2D eigenvalue weighted by Gasteiger charge is 2.32. The van der Waals surface area contributed by atoms with Gasteiger partial charge in [0.25, 0.3) is 0 Å². The topological polar surface area (TPSA) is 24.9 Å². The molecule has 16 heavy (non-hydrogen) atoms. The van der Waals surface area contributed by atoms with Crippen molar-refractivity contribution in [1.82, 2.24) is 10.3 Å². The van der Waals surface area contributed by atoms with Crippen molar-refractivity contribution in [3.05, 3.63) is 30.1 Å². The Morgan fingerprint density at radius 2 is 2.12 bits per heavy atom. The third-order valence-corrected chi connectivity index (χ3v) is 2.85. The van der Waals surface area contributed by atoms with Crippen LogP contribution in [0.3, 0.4) is 0 Å². The molecule has 0 spiro atoms. The summed E-state index contributed by atoms with van der Waals surface area (Å²) in [5.74, 6) is 1.57. The van der Waals surface area contributed by atoms with Crippen LogP contribution in [0.4, 0.5) is 0 Å². The van der Waals surface area contributed by atoms with E-state index in [0.29, 0.717) is 6.04 Å². The molecule has 0 radical (unpaired) electrons. The van der Waals surface area contributed by atoms with Crippen LogP contribution < -0.4 is 5.32 Å². The van der Waals surface area contributed by atoms with Crippen molar-refractivity contribution in [2.75, 3.05) is 6.54 Å². The lowest BCUT2D eigenvalue weighted by Crippen LogP contribution is -2.46. The first-order chi connectivity index (χ1) is 7.77. The van der Waals surface area contributed by atoms with E-state index in [4.69, 9.17) is 0 Å². The van der Waals surface area contributed by atoms with Gasteiger partial charge in [0.15, 0.2) is 0 Å². The Labute approximate surface area is 99.5 Å². The highest BCUT2D eigenvalue weighted by atomic mass is 15.0. The average molecular weight is 220 g/mol. The first-order valence-electron chi connectivity index (χ1n) is 6.41. The number of aromatic nitrogens is 1. The molecule has 0 aromatic carbocycles. The zero-order valence-electron chi connectivity index (χ0n) is 10.9. The van der Waals surface area contributed by atoms with Crippen molar-refractivity contribution in [2.24, 2.45) is 11.8 Å². The van der Waals surface area contributed by atoms with Gasteiger partial charge in [0, 0.05) is 12.7 Å². The van der Waals surface area contributed by atoms with Gasteiger partial charge < -0.3 is 5.32 Å². The summed E-state index contributed by atoms with van der Waals surface area (Å²) in [6, 6.07) is 6.65. The Balaban J connectivity index is 0.000000606. The van der Waals surface area contributed by atoms with Crippen LogP contribution in [0, 0.1) is 11.8 Å². The van der Waals surface area contributed by atoms with Gasteiger partial charge in [0.2, 0.25) is 0 Å². The molecule has 0 aliphatic carbocycles. The lowest BCUT2D eigenvalue weighted by molar-refractivity contribution is 0.196. The summed E-state index contributed by atoms with van der Waals surface area (Å²) in [5.41, 5.74) is 1.20. The van der Waals surface area contributed by atoms with Gasteiger partial charge in [-0.25, -0.2) is 0 Å². The van der Waals surface area contributed by atoms with Crippen LogP contribution in [0.25, 0.3) is 0 Å². The Morgan fingerprint density at radius 3 is 2.56 bits per heavy atom. The minimum Gasteiger partial charge on any atom is -0.308 e. The minimum absolute atomic E-state index is 0.499. The minimum atomic E-state index is 0.499. The number of pyridine rings is 1. The van der Waals surface area contributed by atoms with Crippen LogP contribution in [0.15, 0.2) is 24.4 Å². The van der Waals surface area contributed by atoms with Gasteiger partial charge in [-0.3, -0.25) is 4.98 Å². The van der Waals surface area contributed by atoms with Gasteiger partial charge in [0.1, 0.15) is 0 Å². The fourth-order valence-corrected chi connectivity index (χ4v) is 2.13. The molecule has 1 saturated heterocycles. The second kappa shape index (κ2) is 6.64. The Hall–Kier alpha value is -0.890. The second-order valence-corrected chi connectivity index (χ2v) is 4.53. The predicted molar refractivity (Wildman–Crippen MR) is 69.3 cm³/mol. The summed E-state index contributed by atoms with van der Waals surface area (Å²) in [6.45, 7) is 9.72. The highest BCUT2D eigenvalue weighted by Crippen LogP contribution is 2.32. The van der Waals surface area contributed by atoms with E-state index in [2.05, 4.69) is 36.3 Å². The van der Waals surface area contributed by atoms with Crippen molar-refractivity contribution in [1.29, 1.82) is 0 Å². The summed E-state index contributed by atoms with van der Waals surface area (Å²) in [7, 11) is 0. The molecule has 2 unspecified atom stereocenters. The van der Waals surface area contributed by atoms with Gasteiger partial charge in [0.05, 0.1) is 11.7 Å². The van der Waals surface area contributed by atoms with E-state index in [-0.39, 0.29) is 0 Å². The zero-order chi connectivity index (χ0) is 12.0. The van der Waals surface area contributed by atoms with E-state index < -0.39 is 0 Å². The third-order valence-electron chi connectivity index (χ3n) is 2.85. The highest BCUT2D eigenvalue weighted by molar-refractivity contribution is 5.13. The molecule has 1 fully saturated rings. The summed E-state index contributed by atoms with van der Waals surface area (Å²) in [6.07, 6.45) is 3.18. The molecule has 2 rings (SSSR count). The van der Waals surface area contributed by atoms with Crippen molar-refractivity contribution in [3.63, 3.8) is 0 Å². The van der Waals surface area contributed by atoms with E-state index >= 15 is 0 Å². The summed E-state index contributed by atoms with van der Waals surface area (Å²) >= 11 is 0. The van der Waals surface area contributed by atoms with Crippen molar-refractivity contribution >= 4 is 0 Å². The molecule has 2 atom stereocenters. The fourth-order valence-electron chi connectivity index (χ4n) is 2.13. The molecule has 1 aliphatic heterocycles. The largest absolute Gasteiger partial charge is 0.308 e. The van der Waals surface area contributed by atoms with E-state index in [0.717, 1.165) is 18.4 Å². The van der Waals surface area contributed by atoms with Gasteiger partial charge in [-0.05, 0) is 30.4 Å². The first-order valence-corrected chi connectivity index (χ1v) is 6.41. The van der Waals surface area contributed by atoms with Crippen LogP contribution in [0.5, 0.6) is 0 Å². The van der Waals surface area contributed by atoms with Gasteiger partial charge in [-0.2, -0.15) is 0 Å². The molecular weight excluding hydrogens is 196 g/mol. The molecule has 2 heteroatoms. The van der Waals surface area contributed by atoms with E-state index in [1.165, 1.54) is 12.1 Å². The maximum atomic E-state index is 4.40.